The number of nitrogens with one attached hydrogen (secondary N) is 2. The first-order chi connectivity index (χ1) is 8.94. The van der Waals surface area contributed by atoms with Gasteiger partial charge in [-0.3, -0.25) is 0 Å². The van der Waals surface area contributed by atoms with Crippen LogP contribution in [0.25, 0.3) is 0 Å². The standard InChI is InChI=1S/C14H20N2O2S/c1-14(2,3)18-13(17)15-8-10-9-19-12-7-5-4-6-11(12)16-10/h4-7,10,16H,8-9H2,1-3H3,(H,15,17). The van der Waals surface area contributed by atoms with Crippen molar-refractivity contribution in [2.24, 2.45) is 0 Å². The van der Waals surface area contributed by atoms with E-state index in [0.717, 1.165) is 11.4 Å². The van der Waals surface area contributed by atoms with Crippen LogP contribution in [0.5, 0.6) is 0 Å². The number of hydrogen-bond acceptors (Lipinski definition) is 4. The average Bonchev–Trinajstić information content (AvgIpc) is 2.34. The predicted octanol–water partition coefficient (Wildman–Crippen LogP) is 3.10. The van der Waals surface area contributed by atoms with Gasteiger partial charge >= 0.3 is 6.09 Å². The maximum atomic E-state index is 11.6. The molecule has 19 heavy (non-hydrogen) atoms. The Hall–Kier alpha value is -1.36. The van der Waals surface area contributed by atoms with E-state index in [1.807, 2.05) is 44.7 Å². The SMILES string of the molecule is CC(C)(C)OC(=O)NCC1CSc2ccccc2N1. The van der Waals surface area contributed by atoms with Gasteiger partial charge in [0.1, 0.15) is 5.60 Å². The van der Waals surface area contributed by atoms with Crippen molar-refractivity contribution in [3.63, 3.8) is 0 Å². The van der Waals surface area contributed by atoms with Crippen molar-refractivity contribution in [3.8, 4) is 0 Å². The first kappa shape index (κ1) is 14.1. The Bertz CT molecular complexity index is 457. The molecule has 0 saturated carbocycles. The lowest BCUT2D eigenvalue weighted by Crippen LogP contribution is -2.41. The molecule has 104 valence electrons. The molecule has 0 saturated heterocycles. The molecule has 1 atom stereocenters. The Balaban J connectivity index is 1.81. The first-order valence-corrected chi connectivity index (χ1v) is 7.38. The molecule has 1 aromatic carbocycles. The molecule has 1 aromatic rings. The van der Waals surface area contributed by atoms with E-state index in [-0.39, 0.29) is 12.1 Å². The van der Waals surface area contributed by atoms with Crippen LogP contribution in [-0.4, -0.2) is 30.0 Å². The number of carbonyl (C=O) groups is 1. The van der Waals surface area contributed by atoms with E-state index in [1.54, 1.807) is 0 Å². The molecule has 2 N–H and O–H groups in total. The van der Waals surface area contributed by atoms with Crippen LogP contribution in [0.3, 0.4) is 0 Å². The summed E-state index contributed by atoms with van der Waals surface area (Å²) >= 11 is 1.81. The number of carbonyl (C=O) groups excluding carboxylic acids is 1. The second-order valence-electron chi connectivity index (χ2n) is 5.53. The minimum Gasteiger partial charge on any atom is -0.444 e. The van der Waals surface area contributed by atoms with Crippen molar-refractivity contribution in [2.75, 3.05) is 17.6 Å². The number of fused-ring (bicyclic) bond motifs is 1. The summed E-state index contributed by atoms with van der Waals surface area (Å²) in [5.74, 6) is 0.937. The molecule has 2 rings (SSSR count). The van der Waals surface area contributed by atoms with Gasteiger partial charge in [0.2, 0.25) is 0 Å². The van der Waals surface area contributed by atoms with Gasteiger partial charge < -0.3 is 15.4 Å². The van der Waals surface area contributed by atoms with Gasteiger partial charge in [0, 0.05) is 22.9 Å². The summed E-state index contributed by atoms with van der Waals surface area (Å²) in [4.78, 5) is 12.8. The van der Waals surface area contributed by atoms with E-state index in [4.69, 9.17) is 4.74 Å². The van der Waals surface area contributed by atoms with Crippen LogP contribution in [0.4, 0.5) is 10.5 Å². The fourth-order valence-electron chi connectivity index (χ4n) is 1.79. The fourth-order valence-corrected chi connectivity index (χ4v) is 2.83. The Morgan fingerprint density at radius 3 is 2.95 bits per heavy atom. The van der Waals surface area contributed by atoms with Gasteiger partial charge in [-0.05, 0) is 32.9 Å². The van der Waals surface area contributed by atoms with E-state index in [1.165, 1.54) is 4.90 Å². The van der Waals surface area contributed by atoms with Crippen molar-refractivity contribution in [1.82, 2.24) is 5.32 Å². The molecule has 0 spiro atoms. The first-order valence-electron chi connectivity index (χ1n) is 6.39. The molecule has 4 nitrogen and oxygen atoms in total. The zero-order valence-electron chi connectivity index (χ0n) is 11.5. The second-order valence-corrected chi connectivity index (χ2v) is 6.59. The number of ether oxygens (including phenoxy) is 1. The van der Waals surface area contributed by atoms with Crippen LogP contribution < -0.4 is 10.6 Å². The number of alkyl carbamates (subject to hydrolysis) is 1. The number of para-hydroxylation sites is 1. The van der Waals surface area contributed by atoms with Crippen LogP contribution >= 0.6 is 11.8 Å². The third kappa shape index (κ3) is 4.35. The minimum atomic E-state index is -0.453. The van der Waals surface area contributed by atoms with E-state index in [0.29, 0.717) is 6.54 Å². The molecule has 1 amide bonds. The summed E-state index contributed by atoms with van der Waals surface area (Å²) in [6, 6.07) is 8.43. The van der Waals surface area contributed by atoms with Crippen molar-refractivity contribution in [2.45, 2.75) is 37.3 Å². The van der Waals surface area contributed by atoms with Crippen molar-refractivity contribution in [1.29, 1.82) is 0 Å². The lowest BCUT2D eigenvalue weighted by Gasteiger charge is -2.27. The number of anilines is 1. The van der Waals surface area contributed by atoms with Crippen molar-refractivity contribution in [3.05, 3.63) is 24.3 Å². The zero-order valence-corrected chi connectivity index (χ0v) is 12.3. The number of hydrogen-bond donors (Lipinski definition) is 2. The largest absolute Gasteiger partial charge is 0.444 e. The summed E-state index contributed by atoms with van der Waals surface area (Å²) in [5, 5.41) is 6.23. The number of rotatable bonds is 2. The monoisotopic (exact) mass is 280 g/mol. The maximum absolute atomic E-state index is 11.6. The maximum Gasteiger partial charge on any atom is 0.407 e. The highest BCUT2D eigenvalue weighted by Crippen LogP contribution is 2.32. The fraction of sp³-hybridized carbons (Fsp3) is 0.500. The number of thioether (sulfide) groups is 1. The number of benzene rings is 1. The summed E-state index contributed by atoms with van der Waals surface area (Å²) in [7, 11) is 0. The van der Waals surface area contributed by atoms with Gasteiger partial charge in [-0.15, -0.1) is 11.8 Å². The third-order valence-corrected chi connectivity index (χ3v) is 3.81. The molecule has 1 heterocycles. The third-order valence-electron chi connectivity index (χ3n) is 2.58. The molecular formula is C14H20N2O2S. The summed E-state index contributed by atoms with van der Waals surface area (Å²) in [6.07, 6.45) is -0.363. The van der Waals surface area contributed by atoms with Crippen LogP contribution in [0, 0.1) is 0 Å². The van der Waals surface area contributed by atoms with Gasteiger partial charge in [0.25, 0.3) is 0 Å². The molecule has 0 bridgehead atoms. The van der Waals surface area contributed by atoms with Crippen LogP contribution in [0.2, 0.25) is 0 Å². The van der Waals surface area contributed by atoms with E-state index in [2.05, 4.69) is 22.8 Å². The molecule has 0 radical (unpaired) electrons. The average molecular weight is 280 g/mol. The lowest BCUT2D eigenvalue weighted by molar-refractivity contribution is 0.0526. The summed E-state index contributed by atoms with van der Waals surface area (Å²) < 4.78 is 5.21. The minimum absolute atomic E-state index is 0.229. The molecular weight excluding hydrogens is 260 g/mol. The van der Waals surface area contributed by atoms with Gasteiger partial charge in [-0.1, -0.05) is 12.1 Å². The van der Waals surface area contributed by atoms with Crippen molar-refractivity contribution >= 4 is 23.5 Å². The topological polar surface area (TPSA) is 50.4 Å². The van der Waals surface area contributed by atoms with E-state index >= 15 is 0 Å². The summed E-state index contributed by atoms with van der Waals surface area (Å²) in [6.45, 7) is 6.14. The Labute approximate surface area is 118 Å². The molecule has 1 unspecified atom stereocenters. The van der Waals surface area contributed by atoms with Gasteiger partial charge in [-0.25, -0.2) is 4.79 Å². The Kier molecular flexibility index (Phi) is 4.24. The zero-order chi connectivity index (χ0) is 13.9. The Morgan fingerprint density at radius 1 is 1.47 bits per heavy atom. The van der Waals surface area contributed by atoms with Crippen LogP contribution in [0.1, 0.15) is 20.8 Å². The highest BCUT2D eigenvalue weighted by atomic mass is 32.2. The van der Waals surface area contributed by atoms with Crippen LogP contribution in [-0.2, 0) is 4.74 Å². The lowest BCUT2D eigenvalue weighted by atomic mass is 10.2. The van der Waals surface area contributed by atoms with Gasteiger partial charge in [0.15, 0.2) is 0 Å². The van der Waals surface area contributed by atoms with Crippen LogP contribution in [0.15, 0.2) is 29.2 Å². The van der Waals surface area contributed by atoms with Gasteiger partial charge in [-0.2, -0.15) is 0 Å². The van der Waals surface area contributed by atoms with E-state index < -0.39 is 5.60 Å². The van der Waals surface area contributed by atoms with Gasteiger partial charge in [0.05, 0.1) is 6.04 Å². The second kappa shape index (κ2) is 5.74. The molecule has 0 aliphatic carbocycles. The highest BCUT2D eigenvalue weighted by molar-refractivity contribution is 7.99. The van der Waals surface area contributed by atoms with Crippen molar-refractivity contribution < 1.29 is 9.53 Å². The predicted molar refractivity (Wildman–Crippen MR) is 78.8 cm³/mol. The molecule has 5 heteroatoms. The number of amides is 1. The molecule has 0 aromatic heterocycles. The Morgan fingerprint density at radius 2 is 2.21 bits per heavy atom. The molecule has 0 fully saturated rings. The smallest absolute Gasteiger partial charge is 0.407 e. The summed E-state index contributed by atoms with van der Waals surface area (Å²) in [5.41, 5.74) is 0.681. The highest BCUT2D eigenvalue weighted by Gasteiger charge is 2.20. The molecule has 1 aliphatic rings. The van der Waals surface area contributed by atoms with E-state index in [9.17, 15) is 4.79 Å². The molecule has 1 aliphatic heterocycles. The quantitative estimate of drug-likeness (QED) is 0.874. The normalized spacial score (nSPS) is 18.2.